The molecule has 5 heteroatoms. The number of hydrogen-bond donors (Lipinski definition) is 1. The van der Waals surface area contributed by atoms with Crippen molar-refractivity contribution in [2.75, 3.05) is 5.32 Å². The molecule has 0 saturated heterocycles. The summed E-state index contributed by atoms with van der Waals surface area (Å²) >= 11 is 0. The zero-order valence-corrected chi connectivity index (χ0v) is 9.65. The number of nitrogens with zero attached hydrogens (tertiary/aromatic N) is 1. The smallest absolute Gasteiger partial charge is 0.258 e. The molecule has 0 aliphatic heterocycles. The fourth-order valence-electron chi connectivity index (χ4n) is 1.54. The lowest BCUT2D eigenvalue weighted by molar-refractivity contribution is 0.102. The van der Waals surface area contributed by atoms with Crippen LogP contribution in [-0.2, 0) is 0 Å². The summed E-state index contributed by atoms with van der Waals surface area (Å²) in [5, 5.41) is 11.1. The van der Waals surface area contributed by atoms with E-state index in [1.54, 1.807) is 18.2 Å². The predicted molar refractivity (Wildman–Crippen MR) is 65.5 cm³/mol. The first kappa shape index (κ1) is 12.7. The van der Waals surface area contributed by atoms with Crippen LogP contribution in [0.25, 0.3) is 0 Å². The summed E-state index contributed by atoms with van der Waals surface area (Å²) in [6.07, 6.45) is 0. The second-order valence-electron chi connectivity index (χ2n) is 3.77. The molecule has 0 spiro atoms. The number of anilines is 1. The Hall–Kier alpha value is -2.74. The molecular weight excluding hydrogens is 250 g/mol. The van der Waals surface area contributed by atoms with Crippen LogP contribution in [-0.4, -0.2) is 5.91 Å². The van der Waals surface area contributed by atoms with E-state index in [9.17, 15) is 13.6 Å². The van der Waals surface area contributed by atoms with Crippen molar-refractivity contribution in [2.24, 2.45) is 0 Å². The van der Waals surface area contributed by atoms with E-state index in [4.69, 9.17) is 5.26 Å². The second kappa shape index (κ2) is 5.27. The molecule has 0 radical (unpaired) electrons. The van der Waals surface area contributed by atoms with Crippen LogP contribution in [0, 0.1) is 23.0 Å². The monoisotopic (exact) mass is 258 g/mol. The van der Waals surface area contributed by atoms with Crippen molar-refractivity contribution in [1.82, 2.24) is 0 Å². The van der Waals surface area contributed by atoms with Gasteiger partial charge in [-0.15, -0.1) is 0 Å². The topological polar surface area (TPSA) is 52.9 Å². The average molecular weight is 258 g/mol. The molecule has 2 aromatic rings. The minimum absolute atomic E-state index is 0.340. The maximum atomic E-state index is 13.4. The van der Waals surface area contributed by atoms with E-state index in [0.29, 0.717) is 11.3 Å². The van der Waals surface area contributed by atoms with Gasteiger partial charge in [0.2, 0.25) is 0 Å². The summed E-state index contributed by atoms with van der Waals surface area (Å²) in [5.41, 5.74) is 0.313. The van der Waals surface area contributed by atoms with Gasteiger partial charge in [0.15, 0.2) is 0 Å². The van der Waals surface area contributed by atoms with Crippen LogP contribution in [0.3, 0.4) is 0 Å². The van der Waals surface area contributed by atoms with Crippen molar-refractivity contribution in [2.45, 2.75) is 0 Å². The normalized spacial score (nSPS) is 9.74. The summed E-state index contributed by atoms with van der Waals surface area (Å²) in [6, 6.07) is 10.7. The third-order valence-corrected chi connectivity index (χ3v) is 2.42. The molecule has 2 rings (SSSR count). The third kappa shape index (κ3) is 2.93. The van der Waals surface area contributed by atoms with E-state index in [-0.39, 0.29) is 5.56 Å². The van der Waals surface area contributed by atoms with E-state index in [0.717, 1.165) is 18.2 Å². The van der Waals surface area contributed by atoms with Crippen LogP contribution in [0.1, 0.15) is 15.9 Å². The van der Waals surface area contributed by atoms with Gasteiger partial charge in [0.05, 0.1) is 17.2 Å². The minimum Gasteiger partial charge on any atom is -0.322 e. The zero-order valence-electron chi connectivity index (χ0n) is 9.65. The quantitative estimate of drug-likeness (QED) is 0.899. The molecule has 19 heavy (non-hydrogen) atoms. The van der Waals surface area contributed by atoms with Gasteiger partial charge >= 0.3 is 0 Å². The van der Waals surface area contributed by atoms with E-state index in [2.05, 4.69) is 5.32 Å². The largest absolute Gasteiger partial charge is 0.322 e. The number of carbonyl (C=O) groups is 1. The molecule has 3 nitrogen and oxygen atoms in total. The van der Waals surface area contributed by atoms with Crippen LogP contribution < -0.4 is 5.32 Å². The molecule has 0 fully saturated rings. The highest BCUT2D eigenvalue weighted by atomic mass is 19.1. The van der Waals surface area contributed by atoms with Crippen LogP contribution in [0.4, 0.5) is 14.5 Å². The van der Waals surface area contributed by atoms with Gasteiger partial charge in [0.1, 0.15) is 11.6 Å². The van der Waals surface area contributed by atoms with E-state index in [1.807, 2.05) is 6.07 Å². The molecule has 0 heterocycles. The Kier molecular flexibility index (Phi) is 3.53. The van der Waals surface area contributed by atoms with Crippen molar-refractivity contribution in [1.29, 1.82) is 5.26 Å². The van der Waals surface area contributed by atoms with Gasteiger partial charge in [-0.1, -0.05) is 6.07 Å². The number of benzene rings is 2. The summed E-state index contributed by atoms with van der Waals surface area (Å²) < 4.78 is 26.4. The molecule has 0 aliphatic rings. The molecule has 0 aliphatic carbocycles. The first-order valence-corrected chi connectivity index (χ1v) is 5.37. The highest BCUT2D eigenvalue weighted by molar-refractivity contribution is 6.04. The predicted octanol–water partition coefficient (Wildman–Crippen LogP) is 3.09. The van der Waals surface area contributed by atoms with Crippen molar-refractivity contribution in [3.8, 4) is 6.07 Å². The van der Waals surface area contributed by atoms with Crippen molar-refractivity contribution >= 4 is 11.6 Å². The Labute approximate surface area is 108 Å². The SMILES string of the molecule is N#Cc1cccc(NC(=O)c2cc(F)ccc2F)c1. The first-order valence-electron chi connectivity index (χ1n) is 5.37. The molecule has 0 atom stereocenters. The molecule has 1 N–H and O–H groups in total. The Bertz CT molecular complexity index is 677. The molecule has 94 valence electrons. The van der Waals surface area contributed by atoms with Gasteiger partial charge in [-0.25, -0.2) is 8.78 Å². The van der Waals surface area contributed by atoms with Gasteiger partial charge in [0.25, 0.3) is 5.91 Å². The maximum Gasteiger partial charge on any atom is 0.258 e. The van der Waals surface area contributed by atoms with Crippen LogP contribution in [0.5, 0.6) is 0 Å². The lowest BCUT2D eigenvalue weighted by Crippen LogP contribution is -2.14. The molecule has 2 aromatic carbocycles. The molecule has 1 amide bonds. The van der Waals surface area contributed by atoms with E-state index in [1.165, 1.54) is 6.07 Å². The number of nitrogens with one attached hydrogen (secondary N) is 1. The second-order valence-corrected chi connectivity index (χ2v) is 3.77. The van der Waals surface area contributed by atoms with Gasteiger partial charge in [0, 0.05) is 5.69 Å². The fraction of sp³-hybridized carbons (Fsp3) is 0. The average Bonchev–Trinajstić information content (AvgIpc) is 2.41. The van der Waals surface area contributed by atoms with Gasteiger partial charge in [-0.05, 0) is 36.4 Å². The summed E-state index contributed by atoms with van der Waals surface area (Å²) in [4.78, 5) is 11.8. The highest BCUT2D eigenvalue weighted by Crippen LogP contribution is 2.14. The number of carbonyl (C=O) groups excluding carboxylic acids is 1. The summed E-state index contributed by atoms with van der Waals surface area (Å²) in [5.74, 6) is -2.28. The first-order chi connectivity index (χ1) is 9.10. The number of amides is 1. The molecule has 0 bridgehead atoms. The summed E-state index contributed by atoms with van der Waals surface area (Å²) in [6.45, 7) is 0. The fourth-order valence-corrected chi connectivity index (χ4v) is 1.54. The molecule has 0 saturated carbocycles. The maximum absolute atomic E-state index is 13.4. The summed E-state index contributed by atoms with van der Waals surface area (Å²) in [7, 11) is 0. The number of nitriles is 1. The molecule has 0 unspecified atom stereocenters. The third-order valence-electron chi connectivity index (χ3n) is 2.42. The van der Waals surface area contributed by atoms with E-state index < -0.39 is 17.5 Å². The van der Waals surface area contributed by atoms with Crippen molar-refractivity contribution < 1.29 is 13.6 Å². The highest BCUT2D eigenvalue weighted by Gasteiger charge is 2.13. The Balaban J connectivity index is 2.26. The van der Waals surface area contributed by atoms with Crippen molar-refractivity contribution in [3.05, 3.63) is 65.2 Å². The number of halogens is 2. The van der Waals surface area contributed by atoms with Crippen LogP contribution >= 0.6 is 0 Å². The zero-order chi connectivity index (χ0) is 13.8. The van der Waals surface area contributed by atoms with Crippen LogP contribution in [0.15, 0.2) is 42.5 Å². The van der Waals surface area contributed by atoms with Crippen LogP contribution in [0.2, 0.25) is 0 Å². The molecule has 0 aromatic heterocycles. The molecular formula is C14H8F2N2O. The number of rotatable bonds is 2. The van der Waals surface area contributed by atoms with Gasteiger partial charge < -0.3 is 5.32 Å². The lowest BCUT2D eigenvalue weighted by atomic mass is 10.1. The van der Waals surface area contributed by atoms with Crippen molar-refractivity contribution in [3.63, 3.8) is 0 Å². The van der Waals surface area contributed by atoms with Gasteiger partial charge in [-0.2, -0.15) is 5.26 Å². The minimum atomic E-state index is -0.810. The number of hydrogen-bond acceptors (Lipinski definition) is 2. The Morgan fingerprint density at radius 3 is 2.68 bits per heavy atom. The Morgan fingerprint density at radius 2 is 1.95 bits per heavy atom. The lowest BCUT2D eigenvalue weighted by Gasteiger charge is -2.06. The Morgan fingerprint density at radius 1 is 1.16 bits per heavy atom. The van der Waals surface area contributed by atoms with E-state index >= 15 is 0 Å². The standard InChI is InChI=1S/C14H8F2N2O/c15-10-4-5-13(16)12(7-10)14(19)18-11-3-1-2-9(6-11)8-17/h1-7H,(H,18,19). The van der Waals surface area contributed by atoms with Gasteiger partial charge in [-0.3, -0.25) is 4.79 Å².